The summed E-state index contributed by atoms with van der Waals surface area (Å²) in [4.78, 5) is 14.8. The van der Waals surface area contributed by atoms with Crippen LogP contribution in [0.25, 0.3) is 0 Å². The number of benzene rings is 2. The van der Waals surface area contributed by atoms with Gasteiger partial charge >= 0.3 is 0 Å². The summed E-state index contributed by atoms with van der Waals surface area (Å²) >= 11 is 0. The molecule has 1 amide bonds. The molecule has 0 spiro atoms. The van der Waals surface area contributed by atoms with Gasteiger partial charge in [0.2, 0.25) is 0 Å². The molecule has 2 aromatic rings. The molecular weight excluding hydrogens is 348 g/mol. The van der Waals surface area contributed by atoms with E-state index in [1.54, 1.807) is 0 Å². The summed E-state index contributed by atoms with van der Waals surface area (Å²) in [7, 11) is 0. The van der Waals surface area contributed by atoms with E-state index >= 15 is 0 Å². The molecule has 0 bridgehead atoms. The summed E-state index contributed by atoms with van der Waals surface area (Å²) in [6, 6.07) is 18.2. The zero-order valence-electron chi connectivity index (χ0n) is 16.9. The Morgan fingerprint density at radius 2 is 1.75 bits per heavy atom. The average molecular weight is 381 g/mol. The molecule has 1 unspecified atom stereocenters. The van der Waals surface area contributed by atoms with Gasteiger partial charge in [-0.3, -0.25) is 9.69 Å². The topological polar surface area (TPSA) is 41.6 Å². The van der Waals surface area contributed by atoms with Crippen molar-refractivity contribution in [2.75, 3.05) is 26.2 Å². The van der Waals surface area contributed by atoms with Crippen molar-refractivity contribution in [3.8, 4) is 0 Å². The molecule has 2 aromatic carbocycles. The van der Waals surface area contributed by atoms with Gasteiger partial charge in [-0.25, -0.2) is 0 Å². The van der Waals surface area contributed by atoms with Gasteiger partial charge in [-0.05, 0) is 62.5 Å². The molecule has 0 aliphatic carbocycles. The van der Waals surface area contributed by atoms with Gasteiger partial charge < -0.3 is 10.1 Å². The van der Waals surface area contributed by atoms with Gasteiger partial charge in [0.05, 0.1) is 6.10 Å². The number of piperidine rings is 1. The van der Waals surface area contributed by atoms with Crippen LogP contribution in [0.4, 0.5) is 0 Å². The third kappa shape index (κ3) is 6.47. The number of likely N-dealkylation sites (tertiary alicyclic amines) is 1. The van der Waals surface area contributed by atoms with Crippen molar-refractivity contribution in [2.45, 2.75) is 45.3 Å². The van der Waals surface area contributed by atoms with Gasteiger partial charge in [0.1, 0.15) is 0 Å². The Kier molecular flexibility index (Phi) is 8.07. The van der Waals surface area contributed by atoms with E-state index in [1.807, 2.05) is 30.3 Å². The Bertz CT molecular complexity index is 709. The number of nitrogens with zero attached hydrogens (tertiary/aromatic N) is 1. The Hall–Kier alpha value is -2.17. The van der Waals surface area contributed by atoms with Crippen molar-refractivity contribution in [3.05, 3.63) is 71.3 Å². The van der Waals surface area contributed by atoms with Gasteiger partial charge in [0, 0.05) is 25.3 Å². The molecule has 1 fully saturated rings. The van der Waals surface area contributed by atoms with Crippen molar-refractivity contribution in [2.24, 2.45) is 0 Å². The molecule has 150 valence electrons. The Labute approximate surface area is 168 Å². The maximum absolute atomic E-state index is 12.3. The quantitative estimate of drug-likeness (QED) is 0.648. The number of carbonyl (C=O) groups is 1. The molecule has 1 heterocycles. The Balaban J connectivity index is 1.34. The normalized spacial score (nSPS) is 15.9. The molecule has 1 saturated heterocycles. The third-order valence-corrected chi connectivity index (χ3v) is 5.31. The van der Waals surface area contributed by atoms with Crippen molar-refractivity contribution in [1.29, 1.82) is 0 Å². The molecule has 28 heavy (non-hydrogen) atoms. The van der Waals surface area contributed by atoms with Crippen LogP contribution in [-0.2, 0) is 11.3 Å². The number of hydrogen-bond acceptors (Lipinski definition) is 3. The van der Waals surface area contributed by atoms with Gasteiger partial charge in [-0.1, -0.05) is 48.9 Å². The zero-order valence-corrected chi connectivity index (χ0v) is 16.9. The van der Waals surface area contributed by atoms with E-state index in [4.69, 9.17) is 4.74 Å². The van der Waals surface area contributed by atoms with E-state index in [2.05, 4.69) is 41.4 Å². The fourth-order valence-electron chi connectivity index (χ4n) is 3.59. The minimum Gasteiger partial charge on any atom is -0.374 e. The van der Waals surface area contributed by atoms with E-state index in [0.717, 1.165) is 18.5 Å². The predicted octanol–water partition coefficient (Wildman–Crippen LogP) is 4.57. The molecular formula is C24H32N2O2. The van der Waals surface area contributed by atoms with E-state index < -0.39 is 0 Å². The van der Waals surface area contributed by atoms with Crippen LogP contribution in [0, 0.1) is 0 Å². The fraction of sp³-hybridized carbons (Fsp3) is 0.458. The van der Waals surface area contributed by atoms with Crippen LogP contribution in [0.15, 0.2) is 54.6 Å². The molecule has 0 radical (unpaired) electrons. The molecule has 3 rings (SSSR count). The first kappa shape index (κ1) is 20.6. The Morgan fingerprint density at radius 3 is 2.46 bits per heavy atom. The Morgan fingerprint density at radius 1 is 1.04 bits per heavy atom. The number of carbonyl (C=O) groups excluding carboxylic acids is 1. The van der Waals surface area contributed by atoms with Crippen LogP contribution in [0.1, 0.15) is 60.2 Å². The second-order valence-corrected chi connectivity index (χ2v) is 7.57. The lowest BCUT2D eigenvalue weighted by atomic mass is 10.1. The largest absolute Gasteiger partial charge is 0.374 e. The van der Waals surface area contributed by atoms with Crippen LogP contribution < -0.4 is 5.32 Å². The van der Waals surface area contributed by atoms with Gasteiger partial charge in [-0.15, -0.1) is 0 Å². The molecule has 1 N–H and O–H groups in total. The molecule has 4 heteroatoms. The fourth-order valence-corrected chi connectivity index (χ4v) is 3.59. The van der Waals surface area contributed by atoms with E-state index in [-0.39, 0.29) is 12.0 Å². The number of ether oxygens (including phenoxy) is 1. The van der Waals surface area contributed by atoms with Gasteiger partial charge in [0.25, 0.3) is 5.91 Å². The summed E-state index contributed by atoms with van der Waals surface area (Å²) in [5.74, 6) is -0.0133. The zero-order chi connectivity index (χ0) is 19.6. The SMILES string of the molecule is CC(OCCCNC(=O)c1ccc(CN2CCCCC2)cc1)c1ccccc1. The summed E-state index contributed by atoms with van der Waals surface area (Å²) in [6.07, 6.45) is 4.83. The van der Waals surface area contributed by atoms with E-state index in [0.29, 0.717) is 13.2 Å². The van der Waals surface area contributed by atoms with Crippen molar-refractivity contribution < 1.29 is 9.53 Å². The van der Waals surface area contributed by atoms with Gasteiger partial charge in [0.15, 0.2) is 0 Å². The highest BCUT2D eigenvalue weighted by atomic mass is 16.5. The maximum Gasteiger partial charge on any atom is 0.251 e. The van der Waals surface area contributed by atoms with Gasteiger partial charge in [-0.2, -0.15) is 0 Å². The van der Waals surface area contributed by atoms with Crippen LogP contribution in [-0.4, -0.2) is 37.0 Å². The summed E-state index contributed by atoms with van der Waals surface area (Å²) in [6.45, 7) is 6.67. The lowest BCUT2D eigenvalue weighted by molar-refractivity contribution is 0.0635. The minimum atomic E-state index is -0.0133. The highest BCUT2D eigenvalue weighted by Gasteiger charge is 2.11. The van der Waals surface area contributed by atoms with Crippen molar-refractivity contribution >= 4 is 5.91 Å². The predicted molar refractivity (Wildman–Crippen MR) is 113 cm³/mol. The second-order valence-electron chi connectivity index (χ2n) is 7.57. The van der Waals surface area contributed by atoms with Crippen LogP contribution in [0.3, 0.4) is 0 Å². The van der Waals surface area contributed by atoms with E-state index in [1.165, 1.54) is 43.5 Å². The lowest BCUT2D eigenvalue weighted by Crippen LogP contribution is -2.29. The monoisotopic (exact) mass is 380 g/mol. The third-order valence-electron chi connectivity index (χ3n) is 5.31. The maximum atomic E-state index is 12.3. The first-order valence-corrected chi connectivity index (χ1v) is 10.5. The highest BCUT2D eigenvalue weighted by molar-refractivity contribution is 5.94. The van der Waals surface area contributed by atoms with Crippen LogP contribution in [0.5, 0.6) is 0 Å². The molecule has 1 atom stereocenters. The summed E-state index contributed by atoms with van der Waals surface area (Å²) in [5.41, 5.74) is 3.18. The second kappa shape index (κ2) is 11.0. The van der Waals surface area contributed by atoms with Crippen LogP contribution in [0.2, 0.25) is 0 Å². The number of hydrogen-bond donors (Lipinski definition) is 1. The molecule has 1 aliphatic heterocycles. The number of nitrogens with one attached hydrogen (secondary N) is 1. The standard InChI is InChI=1S/C24H32N2O2/c1-20(22-9-4-2-5-10-22)28-18-8-15-25-24(27)23-13-11-21(12-14-23)19-26-16-6-3-7-17-26/h2,4-5,9-14,20H,3,6-8,15-19H2,1H3,(H,25,27). The van der Waals surface area contributed by atoms with Crippen molar-refractivity contribution in [1.82, 2.24) is 10.2 Å². The molecule has 0 saturated carbocycles. The number of amides is 1. The first-order chi connectivity index (χ1) is 13.7. The van der Waals surface area contributed by atoms with Crippen molar-refractivity contribution in [3.63, 3.8) is 0 Å². The minimum absolute atomic E-state index is 0.0133. The molecule has 4 nitrogen and oxygen atoms in total. The van der Waals surface area contributed by atoms with Crippen LogP contribution >= 0.6 is 0 Å². The summed E-state index contributed by atoms with van der Waals surface area (Å²) < 4.78 is 5.85. The highest BCUT2D eigenvalue weighted by Crippen LogP contribution is 2.16. The average Bonchev–Trinajstić information content (AvgIpc) is 2.75. The van der Waals surface area contributed by atoms with E-state index in [9.17, 15) is 4.79 Å². The smallest absolute Gasteiger partial charge is 0.251 e. The lowest BCUT2D eigenvalue weighted by Gasteiger charge is -2.26. The molecule has 1 aliphatic rings. The number of rotatable bonds is 9. The first-order valence-electron chi connectivity index (χ1n) is 10.5. The summed E-state index contributed by atoms with van der Waals surface area (Å²) in [5, 5.41) is 2.98. The molecule has 0 aromatic heterocycles.